The highest BCUT2D eigenvalue weighted by atomic mass is 19.1. The number of hydrogen-bond acceptors (Lipinski definition) is 6. The van der Waals surface area contributed by atoms with Crippen LogP contribution in [0.5, 0.6) is 5.75 Å². The lowest BCUT2D eigenvalue weighted by atomic mass is 10.0. The maximum absolute atomic E-state index is 13.9. The van der Waals surface area contributed by atoms with E-state index in [9.17, 15) is 19.1 Å². The summed E-state index contributed by atoms with van der Waals surface area (Å²) in [5, 5.41) is 25.7. The van der Waals surface area contributed by atoms with Gasteiger partial charge < -0.3 is 10.4 Å². The first-order chi connectivity index (χ1) is 18.9. The number of aromatic hydroxyl groups is 1. The molecule has 2 N–H and O–H groups in total. The Morgan fingerprint density at radius 2 is 1.79 bits per heavy atom. The molecule has 0 bridgehead atoms. The van der Waals surface area contributed by atoms with Crippen molar-refractivity contribution >= 4 is 17.5 Å². The van der Waals surface area contributed by atoms with Crippen LogP contribution in [0.25, 0.3) is 11.4 Å². The van der Waals surface area contributed by atoms with E-state index >= 15 is 0 Å². The number of halogens is 1. The predicted octanol–water partition coefficient (Wildman–Crippen LogP) is 4.33. The van der Waals surface area contributed by atoms with Gasteiger partial charge in [0.2, 0.25) is 11.7 Å². The molecule has 1 fully saturated rings. The Morgan fingerprint density at radius 1 is 1.08 bits per heavy atom. The molecule has 3 aromatic carbocycles. The molecule has 9 nitrogen and oxygen atoms in total. The number of nitrogens with zero attached hydrogens (tertiary/aromatic N) is 5. The quantitative estimate of drug-likeness (QED) is 0.352. The van der Waals surface area contributed by atoms with Gasteiger partial charge in [0.15, 0.2) is 0 Å². The summed E-state index contributed by atoms with van der Waals surface area (Å²) in [7, 11) is 0. The molecule has 1 atom stereocenters. The molecule has 1 heterocycles. The van der Waals surface area contributed by atoms with E-state index < -0.39 is 11.9 Å². The second kappa shape index (κ2) is 11.4. The van der Waals surface area contributed by atoms with E-state index in [4.69, 9.17) is 0 Å². The Kier molecular flexibility index (Phi) is 7.62. The summed E-state index contributed by atoms with van der Waals surface area (Å²) in [5.74, 6) is -0.972. The molecule has 5 rings (SSSR count). The Bertz CT molecular complexity index is 1450. The standard InChI is InChI=1S/C29H29FN6O3/c1-19-9-11-20(12-10-19)27(29(39)31-23-5-2-3-6-23)36(24-7-4-8-25(37)17-24)26(38)18-35-33-28(32-34-35)21-13-15-22(30)16-14-21/h4,7-17,23,27,37H,2-3,5-6,18H2,1H3,(H,31,39). The minimum Gasteiger partial charge on any atom is -0.508 e. The van der Waals surface area contributed by atoms with Gasteiger partial charge >= 0.3 is 0 Å². The number of aromatic nitrogens is 4. The monoisotopic (exact) mass is 528 g/mol. The third-order valence-corrected chi connectivity index (χ3v) is 6.81. The van der Waals surface area contributed by atoms with Crippen LogP contribution in [-0.2, 0) is 16.1 Å². The van der Waals surface area contributed by atoms with Crippen LogP contribution in [0.3, 0.4) is 0 Å². The van der Waals surface area contributed by atoms with E-state index in [2.05, 4.69) is 20.7 Å². The normalized spacial score (nSPS) is 14.2. The summed E-state index contributed by atoms with van der Waals surface area (Å²) < 4.78 is 13.3. The summed E-state index contributed by atoms with van der Waals surface area (Å²) in [6.45, 7) is 1.63. The first-order valence-corrected chi connectivity index (χ1v) is 12.9. The lowest BCUT2D eigenvalue weighted by Gasteiger charge is -2.32. The Morgan fingerprint density at radius 3 is 2.49 bits per heavy atom. The molecule has 200 valence electrons. The van der Waals surface area contributed by atoms with Gasteiger partial charge in [0.05, 0.1) is 0 Å². The maximum atomic E-state index is 13.9. The second-order valence-corrected chi connectivity index (χ2v) is 9.74. The molecule has 39 heavy (non-hydrogen) atoms. The number of nitrogens with one attached hydrogen (secondary N) is 1. The smallest absolute Gasteiger partial charge is 0.251 e. The SMILES string of the molecule is Cc1ccc(C(C(=O)NC2CCCC2)N(C(=O)Cn2nnc(-c3ccc(F)cc3)n2)c2cccc(O)c2)cc1. The molecule has 10 heteroatoms. The van der Waals surface area contributed by atoms with Crippen LogP contribution in [0.1, 0.15) is 42.9 Å². The van der Waals surface area contributed by atoms with Crippen molar-refractivity contribution < 1.29 is 19.1 Å². The largest absolute Gasteiger partial charge is 0.508 e. The number of benzene rings is 3. The number of carbonyl (C=O) groups excluding carboxylic acids is 2. The van der Waals surface area contributed by atoms with Crippen molar-refractivity contribution in [3.8, 4) is 17.1 Å². The van der Waals surface area contributed by atoms with Crippen LogP contribution in [-0.4, -0.2) is 43.2 Å². The molecule has 1 aromatic heterocycles. The number of hydrogen-bond donors (Lipinski definition) is 2. The maximum Gasteiger partial charge on any atom is 0.251 e. The summed E-state index contributed by atoms with van der Waals surface area (Å²) in [6, 6.07) is 18.4. The molecule has 4 aromatic rings. The third-order valence-electron chi connectivity index (χ3n) is 6.81. The molecule has 0 spiro atoms. The highest BCUT2D eigenvalue weighted by Crippen LogP contribution is 2.31. The minimum absolute atomic E-state index is 0.0402. The van der Waals surface area contributed by atoms with E-state index in [1.54, 1.807) is 12.1 Å². The molecule has 0 radical (unpaired) electrons. The number of rotatable bonds is 8. The van der Waals surface area contributed by atoms with Crippen LogP contribution >= 0.6 is 0 Å². The molecule has 0 saturated heterocycles. The summed E-state index contributed by atoms with van der Waals surface area (Å²) in [4.78, 5) is 30.2. The number of amides is 2. The van der Waals surface area contributed by atoms with Crippen LogP contribution in [0.2, 0.25) is 0 Å². The molecule has 1 aliphatic carbocycles. The van der Waals surface area contributed by atoms with Crippen LogP contribution in [0.15, 0.2) is 72.8 Å². The number of aryl methyl sites for hydroxylation is 1. The molecule has 2 amide bonds. The van der Waals surface area contributed by atoms with Crippen LogP contribution in [0.4, 0.5) is 10.1 Å². The lowest BCUT2D eigenvalue weighted by Crippen LogP contribution is -2.47. The molecular formula is C29H29FN6O3. The summed E-state index contributed by atoms with van der Waals surface area (Å²) in [6.07, 6.45) is 3.87. The van der Waals surface area contributed by atoms with Gasteiger partial charge in [-0.15, -0.1) is 10.2 Å². The average molecular weight is 529 g/mol. The topological polar surface area (TPSA) is 113 Å². The van der Waals surface area contributed by atoms with Crippen molar-refractivity contribution in [2.75, 3.05) is 4.90 Å². The van der Waals surface area contributed by atoms with Gasteiger partial charge in [-0.25, -0.2) is 4.39 Å². The second-order valence-electron chi connectivity index (χ2n) is 9.74. The van der Waals surface area contributed by atoms with Gasteiger partial charge in [0.25, 0.3) is 5.91 Å². The van der Waals surface area contributed by atoms with Crippen molar-refractivity contribution in [1.29, 1.82) is 0 Å². The summed E-state index contributed by atoms with van der Waals surface area (Å²) >= 11 is 0. The average Bonchev–Trinajstić information content (AvgIpc) is 3.60. The zero-order valence-electron chi connectivity index (χ0n) is 21.5. The number of anilines is 1. The van der Waals surface area contributed by atoms with E-state index in [0.29, 0.717) is 16.8 Å². The molecule has 1 saturated carbocycles. The van der Waals surface area contributed by atoms with Gasteiger partial charge in [0, 0.05) is 23.4 Å². The third kappa shape index (κ3) is 6.11. The van der Waals surface area contributed by atoms with Gasteiger partial charge in [0.1, 0.15) is 24.2 Å². The van der Waals surface area contributed by atoms with E-state index in [-0.39, 0.29) is 35.9 Å². The Labute approximate surface area is 225 Å². The minimum atomic E-state index is -0.999. The van der Waals surface area contributed by atoms with Gasteiger partial charge in [-0.2, -0.15) is 4.80 Å². The number of phenolic OH excluding ortho intramolecular Hbond substituents is 1. The number of carbonyl (C=O) groups is 2. The van der Waals surface area contributed by atoms with Crippen LogP contribution in [0, 0.1) is 12.7 Å². The number of phenols is 1. The number of tetrazole rings is 1. The molecule has 1 unspecified atom stereocenters. The predicted molar refractivity (Wildman–Crippen MR) is 143 cm³/mol. The lowest BCUT2D eigenvalue weighted by molar-refractivity contribution is -0.127. The highest BCUT2D eigenvalue weighted by molar-refractivity contribution is 6.01. The molecular weight excluding hydrogens is 499 g/mol. The van der Waals surface area contributed by atoms with Gasteiger partial charge in [-0.1, -0.05) is 48.7 Å². The van der Waals surface area contributed by atoms with E-state index in [1.807, 2.05) is 31.2 Å². The van der Waals surface area contributed by atoms with Gasteiger partial charge in [-0.05, 0) is 66.9 Å². The van der Waals surface area contributed by atoms with E-state index in [1.165, 1.54) is 41.3 Å². The highest BCUT2D eigenvalue weighted by Gasteiger charge is 2.35. The van der Waals surface area contributed by atoms with Crippen molar-refractivity contribution in [1.82, 2.24) is 25.5 Å². The Hall–Kier alpha value is -4.60. The fraction of sp³-hybridized carbons (Fsp3) is 0.276. The van der Waals surface area contributed by atoms with Crippen LogP contribution < -0.4 is 10.2 Å². The van der Waals surface area contributed by atoms with Gasteiger partial charge in [-0.3, -0.25) is 14.5 Å². The van der Waals surface area contributed by atoms with Crippen molar-refractivity contribution in [3.05, 3.63) is 89.7 Å². The Balaban J connectivity index is 1.50. The summed E-state index contributed by atoms with van der Waals surface area (Å²) in [5.41, 5.74) is 2.55. The van der Waals surface area contributed by atoms with E-state index in [0.717, 1.165) is 36.0 Å². The fourth-order valence-corrected chi connectivity index (χ4v) is 4.82. The fourth-order valence-electron chi connectivity index (χ4n) is 4.82. The molecule has 0 aliphatic heterocycles. The molecule has 1 aliphatic rings. The first kappa shape index (κ1) is 26.0. The van der Waals surface area contributed by atoms with Crippen molar-refractivity contribution in [3.63, 3.8) is 0 Å². The van der Waals surface area contributed by atoms with Crippen molar-refractivity contribution in [2.45, 2.75) is 51.2 Å². The van der Waals surface area contributed by atoms with Crippen molar-refractivity contribution in [2.24, 2.45) is 0 Å². The zero-order valence-corrected chi connectivity index (χ0v) is 21.5. The zero-order chi connectivity index (χ0) is 27.4. The first-order valence-electron chi connectivity index (χ1n) is 12.9.